The molecule has 2 atom stereocenters. The maximum absolute atomic E-state index is 12.6. The molecule has 186 valence electrons. The summed E-state index contributed by atoms with van der Waals surface area (Å²) >= 11 is 3.77. The fourth-order valence-corrected chi connectivity index (χ4v) is 5.27. The van der Waals surface area contributed by atoms with E-state index in [0.717, 1.165) is 44.5 Å². The SMILES string of the molecule is Cc1nc2c(CCNS(=O)[O-])cc(-c3cn(C)c(=O)c4[nH]ccc34)cc2n1C(C)c1ccc(Cl)cc1. The number of imidazole rings is 1. The molecule has 0 aliphatic rings. The van der Waals surface area contributed by atoms with Gasteiger partial charge < -0.3 is 18.7 Å². The Balaban J connectivity index is 1.74. The lowest BCUT2D eigenvalue weighted by molar-refractivity contribution is 0.523. The minimum Gasteiger partial charge on any atom is -0.760 e. The van der Waals surface area contributed by atoms with Crippen LogP contribution >= 0.6 is 11.6 Å². The van der Waals surface area contributed by atoms with Crippen LogP contribution in [0.2, 0.25) is 5.02 Å². The van der Waals surface area contributed by atoms with Crippen LogP contribution < -0.4 is 10.3 Å². The highest BCUT2D eigenvalue weighted by atomic mass is 35.5. The second-order valence-electron chi connectivity index (χ2n) is 8.86. The Morgan fingerprint density at radius 2 is 1.97 bits per heavy atom. The van der Waals surface area contributed by atoms with Gasteiger partial charge >= 0.3 is 0 Å². The molecule has 2 unspecified atom stereocenters. The number of halogens is 1. The maximum atomic E-state index is 12.6. The molecule has 3 heterocycles. The Labute approximate surface area is 215 Å². The molecule has 3 aromatic heterocycles. The number of aryl methyl sites for hydroxylation is 2. The van der Waals surface area contributed by atoms with Gasteiger partial charge in [0.2, 0.25) is 0 Å². The quantitative estimate of drug-likeness (QED) is 0.309. The fraction of sp³-hybridized carbons (Fsp3) is 0.231. The summed E-state index contributed by atoms with van der Waals surface area (Å²) in [5, 5.41) is 1.51. The Kier molecular flexibility index (Phi) is 6.57. The van der Waals surface area contributed by atoms with E-state index in [1.54, 1.807) is 17.8 Å². The zero-order valence-electron chi connectivity index (χ0n) is 20.0. The highest BCUT2D eigenvalue weighted by Crippen LogP contribution is 2.34. The van der Waals surface area contributed by atoms with Crippen LogP contribution in [0.15, 0.2) is 59.7 Å². The van der Waals surface area contributed by atoms with Gasteiger partial charge in [0, 0.05) is 53.2 Å². The number of hydrogen-bond donors (Lipinski definition) is 2. The van der Waals surface area contributed by atoms with Crippen LogP contribution in [0.25, 0.3) is 33.1 Å². The number of fused-ring (bicyclic) bond motifs is 2. The molecule has 8 nitrogen and oxygen atoms in total. The number of aromatic amines is 1. The largest absolute Gasteiger partial charge is 0.760 e. The van der Waals surface area contributed by atoms with Crippen molar-refractivity contribution in [3.63, 3.8) is 0 Å². The molecule has 0 bridgehead atoms. The minimum absolute atomic E-state index is 0.0185. The van der Waals surface area contributed by atoms with Gasteiger partial charge in [-0.05, 0) is 67.3 Å². The highest BCUT2D eigenvalue weighted by molar-refractivity contribution is 7.77. The summed E-state index contributed by atoms with van der Waals surface area (Å²) in [5.74, 6) is 0.846. The number of nitrogens with zero attached hydrogens (tertiary/aromatic N) is 3. The molecule has 36 heavy (non-hydrogen) atoms. The van der Waals surface area contributed by atoms with Gasteiger partial charge in [-0.3, -0.25) is 9.00 Å². The zero-order chi connectivity index (χ0) is 25.6. The van der Waals surface area contributed by atoms with Gasteiger partial charge in [-0.15, -0.1) is 0 Å². The summed E-state index contributed by atoms with van der Waals surface area (Å²) in [4.78, 5) is 20.6. The molecular formula is C26H25ClN5O3S-. The van der Waals surface area contributed by atoms with Gasteiger partial charge in [0.05, 0.1) is 17.1 Å². The van der Waals surface area contributed by atoms with Crippen molar-refractivity contribution < 1.29 is 8.76 Å². The summed E-state index contributed by atoms with van der Waals surface area (Å²) in [5.41, 5.74) is 6.04. The molecule has 0 spiro atoms. The molecule has 2 aromatic carbocycles. The molecule has 10 heteroatoms. The van der Waals surface area contributed by atoms with E-state index in [1.165, 1.54) is 0 Å². The first kappa shape index (κ1) is 24.5. The first-order valence-corrected chi connectivity index (χ1v) is 13.0. The summed E-state index contributed by atoms with van der Waals surface area (Å²) in [6.45, 7) is 4.33. The van der Waals surface area contributed by atoms with Gasteiger partial charge in [0.25, 0.3) is 5.56 Å². The second-order valence-corrected chi connectivity index (χ2v) is 10.1. The molecule has 0 fully saturated rings. The molecular weight excluding hydrogens is 498 g/mol. The van der Waals surface area contributed by atoms with Crippen molar-refractivity contribution in [3.05, 3.63) is 87.2 Å². The molecule has 0 aliphatic heterocycles. The smallest absolute Gasteiger partial charge is 0.274 e. The van der Waals surface area contributed by atoms with Crippen molar-refractivity contribution in [1.29, 1.82) is 0 Å². The summed E-state index contributed by atoms with van der Waals surface area (Å²) in [6.07, 6.45) is 4.07. The standard InChI is InChI=1S/C26H26ClN5O3S/c1-15(17-4-6-20(27)7-5-17)32-16(2)30-24-18(8-11-29-36(34)35)12-19(13-23(24)32)22-14-31(3)26(33)25-21(22)9-10-28-25/h4-7,9-10,12-15,28-29H,8,11H2,1-3H3,(H,34,35)/p-1. The van der Waals surface area contributed by atoms with Gasteiger partial charge in [0.1, 0.15) is 11.3 Å². The Morgan fingerprint density at radius 3 is 2.69 bits per heavy atom. The molecule has 0 aliphatic carbocycles. The molecule has 0 saturated heterocycles. The van der Waals surface area contributed by atoms with Gasteiger partial charge in [0.15, 0.2) is 0 Å². The van der Waals surface area contributed by atoms with E-state index in [4.69, 9.17) is 16.6 Å². The normalized spacial score (nSPS) is 13.5. The third-order valence-electron chi connectivity index (χ3n) is 6.61. The van der Waals surface area contributed by atoms with Gasteiger partial charge in [-0.1, -0.05) is 23.7 Å². The third-order valence-corrected chi connectivity index (χ3v) is 7.30. The topological polar surface area (TPSA) is 108 Å². The Hall–Kier alpha value is -3.24. The number of nitrogens with one attached hydrogen (secondary N) is 2. The van der Waals surface area contributed by atoms with Gasteiger partial charge in [-0.25, -0.2) is 9.71 Å². The minimum atomic E-state index is -2.35. The monoisotopic (exact) mass is 522 g/mol. The molecule has 0 radical (unpaired) electrons. The Bertz CT molecular complexity index is 1670. The van der Waals surface area contributed by atoms with Crippen molar-refractivity contribution in [3.8, 4) is 11.1 Å². The van der Waals surface area contributed by atoms with E-state index in [0.29, 0.717) is 17.0 Å². The molecule has 0 amide bonds. The lowest BCUT2D eigenvalue weighted by Crippen LogP contribution is -2.19. The van der Waals surface area contributed by atoms with E-state index in [9.17, 15) is 13.6 Å². The first-order valence-electron chi connectivity index (χ1n) is 11.5. The molecule has 2 N–H and O–H groups in total. The van der Waals surface area contributed by atoms with Crippen LogP contribution in [0.4, 0.5) is 0 Å². The number of benzene rings is 2. The molecule has 5 rings (SSSR count). The number of hydrogen-bond acceptors (Lipinski definition) is 4. The van der Waals surface area contributed by atoms with Crippen LogP contribution in [-0.2, 0) is 24.7 Å². The highest BCUT2D eigenvalue weighted by Gasteiger charge is 2.20. The lowest BCUT2D eigenvalue weighted by atomic mass is 9.98. The second kappa shape index (κ2) is 9.67. The van der Waals surface area contributed by atoms with E-state index >= 15 is 0 Å². The van der Waals surface area contributed by atoms with E-state index < -0.39 is 11.3 Å². The average molecular weight is 523 g/mol. The summed E-state index contributed by atoms with van der Waals surface area (Å²) < 4.78 is 28.4. The van der Waals surface area contributed by atoms with Crippen molar-refractivity contribution in [1.82, 2.24) is 23.8 Å². The van der Waals surface area contributed by atoms with Crippen LogP contribution in [0.1, 0.15) is 29.9 Å². The average Bonchev–Trinajstić information content (AvgIpc) is 3.46. The zero-order valence-corrected chi connectivity index (χ0v) is 21.6. The van der Waals surface area contributed by atoms with Gasteiger partial charge in [-0.2, -0.15) is 0 Å². The lowest BCUT2D eigenvalue weighted by Gasteiger charge is -2.18. The summed E-state index contributed by atoms with van der Waals surface area (Å²) in [7, 11) is 1.73. The number of pyridine rings is 1. The molecule has 0 saturated carbocycles. The number of rotatable bonds is 7. The molecule has 5 aromatic rings. The number of H-pyrrole nitrogens is 1. The van der Waals surface area contributed by atoms with Crippen molar-refractivity contribution in [2.45, 2.75) is 26.3 Å². The maximum Gasteiger partial charge on any atom is 0.274 e. The van der Waals surface area contributed by atoms with E-state index in [1.807, 2.05) is 49.5 Å². The van der Waals surface area contributed by atoms with Crippen molar-refractivity contribution >= 4 is 44.8 Å². The van der Waals surface area contributed by atoms with Crippen LogP contribution in [0.5, 0.6) is 0 Å². The fourth-order valence-electron chi connectivity index (χ4n) is 4.87. The summed E-state index contributed by atoms with van der Waals surface area (Å²) in [6, 6.07) is 13.8. The van der Waals surface area contributed by atoms with E-state index in [-0.39, 0.29) is 18.1 Å². The predicted octanol–water partition coefficient (Wildman–Crippen LogP) is 4.38. The van der Waals surface area contributed by atoms with Crippen molar-refractivity contribution in [2.24, 2.45) is 7.05 Å². The predicted molar refractivity (Wildman–Crippen MR) is 143 cm³/mol. The van der Waals surface area contributed by atoms with Crippen LogP contribution in [0.3, 0.4) is 0 Å². The van der Waals surface area contributed by atoms with Crippen LogP contribution in [0, 0.1) is 6.92 Å². The number of aromatic nitrogens is 4. The third kappa shape index (κ3) is 4.39. The first-order chi connectivity index (χ1) is 17.2. The Morgan fingerprint density at radius 1 is 1.22 bits per heavy atom. The van der Waals surface area contributed by atoms with Crippen LogP contribution in [-0.4, -0.2) is 34.4 Å². The van der Waals surface area contributed by atoms with E-state index in [2.05, 4.69) is 27.3 Å². The van der Waals surface area contributed by atoms with Crippen molar-refractivity contribution in [2.75, 3.05) is 6.54 Å².